The van der Waals surface area contributed by atoms with Gasteiger partial charge in [0.2, 0.25) is 17.6 Å². The second-order valence-corrected chi connectivity index (χ2v) is 21.6. The fourth-order valence-corrected chi connectivity index (χ4v) is 9.35. The van der Waals surface area contributed by atoms with Crippen LogP contribution in [0.5, 0.6) is 0 Å². The topological polar surface area (TPSA) is 171 Å². The van der Waals surface area contributed by atoms with Crippen LogP contribution < -0.4 is 21.3 Å². The average molecular weight is 760 g/mol. The third-order valence-corrected chi connectivity index (χ3v) is 14.5. The van der Waals surface area contributed by atoms with Gasteiger partial charge in [0.05, 0.1) is 22.1 Å². The van der Waals surface area contributed by atoms with Crippen LogP contribution in [0.3, 0.4) is 0 Å². The maximum Gasteiger partial charge on any atom is 0.315 e. The Hall–Kier alpha value is -3.18. The van der Waals surface area contributed by atoms with Gasteiger partial charge in [-0.3, -0.25) is 19.2 Å². The zero-order valence-electron chi connectivity index (χ0n) is 33.4. The lowest BCUT2D eigenvalue weighted by Gasteiger charge is -2.41. The molecule has 3 aliphatic carbocycles. The van der Waals surface area contributed by atoms with Gasteiger partial charge >= 0.3 is 6.03 Å². The van der Waals surface area contributed by atoms with Crippen LogP contribution in [-0.4, -0.2) is 89.6 Å². The molecule has 0 aromatic heterocycles. The SMILES string of the molecule is C=C=CC(C)(C)[C@H]1CCN(C(=O)[C@@H](NC(=O)NC2(CS(=O)(=O)C(C)(C)C)CCCCC2)C(C)(C)C)[C@@H]1C(=O)N[C@@H](CCC1CC1)C(=O)C(=O)NC1CC1. The highest BCUT2D eigenvalue weighted by Gasteiger charge is 2.51. The predicted octanol–water partition coefficient (Wildman–Crippen LogP) is 4.72. The first-order chi connectivity index (χ1) is 24.5. The highest BCUT2D eigenvalue weighted by atomic mass is 32.2. The number of ketones is 1. The predicted molar refractivity (Wildman–Crippen MR) is 205 cm³/mol. The van der Waals surface area contributed by atoms with Gasteiger partial charge in [0, 0.05) is 12.6 Å². The van der Waals surface area contributed by atoms with Crippen molar-refractivity contribution < 1.29 is 32.4 Å². The molecule has 4 aliphatic rings. The van der Waals surface area contributed by atoms with Crippen LogP contribution in [0.15, 0.2) is 18.4 Å². The maximum atomic E-state index is 14.7. The molecule has 4 N–H and O–H groups in total. The number of rotatable bonds is 15. The molecule has 1 heterocycles. The number of likely N-dealkylation sites (tertiary alicyclic amines) is 1. The molecule has 0 aromatic carbocycles. The zero-order valence-corrected chi connectivity index (χ0v) is 34.2. The third-order valence-electron chi connectivity index (χ3n) is 11.7. The Morgan fingerprint density at radius 3 is 2.06 bits per heavy atom. The molecule has 298 valence electrons. The van der Waals surface area contributed by atoms with Crippen LogP contribution in [0, 0.1) is 22.7 Å². The highest BCUT2D eigenvalue weighted by Crippen LogP contribution is 2.41. The summed E-state index contributed by atoms with van der Waals surface area (Å²) < 4.78 is 25.8. The molecule has 0 radical (unpaired) electrons. The summed E-state index contributed by atoms with van der Waals surface area (Å²) in [4.78, 5) is 70.9. The van der Waals surface area contributed by atoms with Crippen LogP contribution in [0.25, 0.3) is 0 Å². The van der Waals surface area contributed by atoms with Gasteiger partial charge < -0.3 is 26.2 Å². The molecule has 53 heavy (non-hydrogen) atoms. The molecular formula is C40H65N5O7S. The Kier molecular flexibility index (Phi) is 13.1. The molecular weight excluding hydrogens is 695 g/mol. The Morgan fingerprint density at radius 2 is 1.53 bits per heavy atom. The lowest BCUT2D eigenvalue weighted by Crippen LogP contribution is -2.64. The lowest BCUT2D eigenvalue weighted by molar-refractivity contribution is -0.145. The van der Waals surface area contributed by atoms with E-state index in [1.807, 2.05) is 34.6 Å². The molecule has 4 atom stereocenters. The summed E-state index contributed by atoms with van der Waals surface area (Å²) in [6, 6.07) is -3.77. The Balaban J connectivity index is 1.61. The van der Waals surface area contributed by atoms with Crippen LogP contribution in [0.4, 0.5) is 4.79 Å². The molecule has 4 fully saturated rings. The van der Waals surface area contributed by atoms with E-state index in [9.17, 15) is 32.4 Å². The van der Waals surface area contributed by atoms with Gasteiger partial charge in [-0.05, 0) is 94.5 Å². The molecule has 1 saturated heterocycles. The van der Waals surface area contributed by atoms with Gasteiger partial charge in [-0.25, -0.2) is 13.2 Å². The largest absolute Gasteiger partial charge is 0.347 e. The highest BCUT2D eigenvalue weighted by molar-refractivity contribution is 7.92. The van der Waals surface area contributed by atoms with Gasteiger partial charge in [-0.2, -0.15) is 0 Å². The monoisotopic (exact) mass is 759 g/mol. The Bertz CT molecular complexity index is 1560. The summed E-state index contributed by atoms with van der Waals surface area (Å²) >= 11 is 0. The maximum absolute atomic E-state index is 14.7. The number of nitrogens with zero attached hydrogens (tertiary/aromatic N) is 1. The van der Waals surface area contributed by atoms with Crippen LogP contribution >= 0.6 is 0 Å². The van der Waals surface area contributed by atoms with E-state index >= 15 is 0 Å². The molecule has 12 nitrogen and oxygen atoms in total. The fourth-order valence-electron chi connectivity index (χ4n) is 7.83. The molecule has 5 amide bonds. The normalized spacial score (nSPS) is 23.2. The molecule has 13 heteroatoms. The van der Waals surface area contributed by atoms with Crippen molar-refractivity contribution in [3.63, 3.8) is 0 Å². The van der Waals surface area contributed by atoms with E-state index in [1.54, 1.807) is 26.8 Å². The number of carbonyl (C=O) groups excluding carboxylic acids is 5. The third kappa shape index (κ3) is 11.0. The second-order valence-electron chi connectivity index (χ2n) is 18.8. The van der Waals surface area contributed by atoms with Gasteiger partial charge in [0.1, 0.15) is 12.1 Å². The van der Waals surface area contributed by atoms with Crippen LogP contribution in [-0.2, 0) is 29.0 Å². The summed E-state index contributed by atoms with van der Waals surface area (Å²) in [5.41, 5.74) is 0.443. The minimum Gasteiger partial charge on any atom is -0.347 e. The van der Waals surface area contributed by atoms with E-state index in [1.165, 1.54) is 4.90 Å². The van der Waals surface area contributed by atoms with Crippen molar-refractivity contribution in [1.82, 2.24) is 26.2 Å². The van der Waals surface area contributed by atoms with Crippen molar-refractivity contribution in [2.45, 2.75) is 167 Å². The number of hydrogen-bond acceptors (Lipinski definition) is 7. The number of allylic oxidation sites excluding steroid dienone is 1. The van der Waals surface area contributed by atoms with E-state index in [2.05, 4.69) is 33.6 Å². The molecule has 0 unspecified atom stereocenters. The second kappa shape index (κ2) is 16.3. The first-order valence-corrected chi connectivity index (χ1v) is 21.3. The minimum absolute atomic E-state index is 0.0139. The number of nitrogens with one attached hydrogen (secondary N) is 4. The Morgan fingerprint density at radius 1 is 0.906 bits per heavy atom. The summed E-state index contributed by atoms with van der Waals surface area (Å²) in [6.07, 6.45) is 10.5. The van der Waals surface area contributed by atoms with E-state index in [4.69, 9.17) is 0 Å². The average Bonchev–Trinajstić information content (AvgIpc) is 3.98. The molecule has 4 rings (SSSR count). The molecule has 0 bridgehead atoms. The number of urea groups is 1. The standard InChI is InChI=1S/C40H65N5O7S/c1-10-21-39(8,9)28-20-24-45(30(28)33(47)42-29(19-16-26-14-15-26)31(46)34(48)41-27-17-18-27)35(49)32(37(2,3)4)43-36(50)44-40(22-12-11-13-23-40)25-53(51,52)38(5,6)7/h21,26-30,32H,1,11-20,22-25H2,2-9H3,(H,41,48)(H,42,47)(H2,43,44,50)/t28-,29-,30-,32+/m0/s1. The minimum atomic E-state index is -3.58. The van der Waals surface area contributed by atoms with Crippen molar-refractivity contribution in [3.8, 4) is 0 Å². The van der Waals surface area contributed by atoms with Crippen molar-refractivity contribution >= 4 is 39.4 Å². The summed E-state index contributed by atoms with van der Waals surface area (Å²) in [5.74, 6) is -2.48. The van der Waals surface area contributed by atoms with E-state index in [0.29, 0.717) is 38.0 Å². The molecule has 3 saturated carbocycles. The summed E-state index contributed by atoms with van der Waals surface area (Å²) in [7, 11) is -3.58. The van der Waals surface area contributed by atoms with E-state index in [0.717, 1.165) is 44.9 Å². The van der Waals surface area contributed by atoms with Crippen molar-refractivity contribution in [1.29, 1.82) is 0 Å². The quantitative estimate of drug-likeness (QED) is 0.138. The number of hydrogen-bond donors (Lipinski definition) is 4. The summed E-state index contributed by atoms with van der Waals surface area (Å²) in [6.45, 7) is 18.3. The van der Waals surface area contributed by atoms with E-state index in [-0.39, 0.29) is 24.3 Å². The summed E-state index contributed by atoms with van der Waals surface area (Å²) in [5, 5.41) is 11.6. The van der Waals surface area contributed by atoms with Crippen LogP contribution in [0.2, 0.25) is 0 Å². The number of sulfone groups is 1. The zero-order chi connectivity index (χ0) is 39.6. The van der Waals surface area contributed by atoms with Crippen molar-refractivity contribution in [2.75, 3.05) is 12.3 Å². The van der Waals surface area contributed by atoms with Crippen molar-refractivity contribution in [3.05, 3.63) is 18.4 Å². The Labute approximate surface area is 317 Å². The van der Waals surface area contributed by atoms with Gasteiger partial charge in [-0.1, -0.05) is 73.3 Å². The molecule has 1 aliphatic heterocycles. The molecule has 0 aromatic rings. The number of Topliss-reactive ketones (excluding diaryl/α,β-unsaturated/α-hetero) is 1. The number of carbonyl (C=O) groups is 5. The first kappa shape index (κ1) is 42.6. The smallest absolute Gasteiger partial charge is 0.315 e. The van der Waals surface area contributed by atoms with E-state index < -0.39 is 78.6 Å². The van der Waals surface area contributed by atoms with Crippen molar-refractivity contribution in [2.24, 2.45) is 22.7 Å². The first-order valence-electron chi connectivity index (χ1n) is 19.6. The van der Waals surface area contributed by atoms with Gasteiger partial charge in [0.25, 0.3) is 5.91 Å². The van der Waals surface area contributed by atoms with Gasteiger partial charge in [-0.15, -0.1) is 5.73 Å². The molecule has 0 spiro atoms. The number of amides is 5. The fraction of sp³-hybridized carbons (Fsp3) is 0.800. The lowest BCUT2D eigenvalue weighted by atomic mass is 9.74. The van der Waals surface area contributed by atoms with Crippen LogP contribution in [0.1, 0.15) is 132 Å². The van der Waals surface area contributed by atoms with Gasteiger partial charge in [0.15, 0.2) is 9.84 Å².